The van der Waals surface area contributed by atoms with Crippen molar-refractivity contribution in [3.63, 3.8) is 0 Å². The van der Waals surface area contributed by atoms with Crippen LogP contribution >= 0.6 is 0 Å². The molecular formula is C22H36Cl2NOSi2Ti. The molecule has 1 radical (unpaired) electrons. The van der Waals surface area contributed by atoms with Crippen molar-refractivity contribution in [2.75, 3.05) is 0 Å². The fraction of sp³-hybridized carbons (Fsp3) is 0.545. The molecule has 0 atom stereocenters. The first-order chi connectivity index (χ1) is 11.7. The monoisotopic (exact) mass is 504 g/mol. The van der Waals surface area contributed by atoms with Gasteiger partial charge < -0.3 is 34.6 Å². The van der Waals surface area contributed by atoms with Gasteiger partial charge in [-0.3, -0.25) is 0 Å². The van der Waals surface area contributed by atoms with Gasteiger partial charge in [-0.1, -0.05) is 44.2 Å². The predicted molar refractivity (Wildman–Crippen MR) is 120 cm³/mol. The number of rotatable bonds is 5. The molecular weight excluding hydrogens is 469 g/mol. The number of halogens is 2. The molecule has 0 heterocycles. The quantitative estimate of drug-likeness (QED) is 0.462. The van der Waals surface area contributed by atoms with Gasteiger partial charge in [0, 0.05) is 5.54 Å². The third-order valence-electron chi connectivity index (χ3n) is 4.98. The van der Waals surface area contributed by atoms with Crippen molar-refractivity contribution < 1.29 is 51.0 Å². The second kappa shape index (κ2) is 11.1. The van der Waals surface area contributed by atoms with Crippen molar-refractivity contribution in [1.29, 1.82) is 0 Å². The van der Waals surface area contributed by atoms with Crippen LogP contribution in [0.5, 0.6) is 5.75 Å². The van der Waals surface area contributed by atoms with Gasteiger partial charge in [-0.15, -0.1) is 34.5 Å². The van der Waals surface area contributed by atoms with Crippen molar-refractivity contribution in [2.45, 2.75) is 78.9 Å². The summed E-state index contributed by atoms with van der Waals surface area (Å²) in [6, 6.07) is 7.62. The molecule has 0 fully saturated rings. The van der Waals surface area contributed by atoms with Gasteiger partial charge in [0.05, 0.1) is 13.8 Å². The maximum absolute atomic E-state index is 6.49. The molecule has 0 unspecified atom stereocenters. The van der Waals surface area contributed by atoms with Gasteiger partial charge in [0.15, 0.2) is 0 Å². The maximum Gasteiger partial charge on any atom is 3.00 e. The molecule has 1 aromatic rings. The summed E-state index contributed by atoms with van der Waals surface area (Å²) in [5, 5.41) is 5.24. The van der Waals surface area contributed by atoms with E-state index < -0.39 is 16.4 Å². The molecule has 0 aliphatic heterocycles. The summed E-state index contributed by atoms with van der Waals surface area (Å²) in [6.45, 7) is 22.9. The number of benzene rings is 1. The van der Waals surface area contributed by atoms with Gasteiger partial charge in [-0.05, 0) is 46.5 Å². The first-order valence-corrected chi connectivity index (χ1v) is 16.3. The average Bonchev–Trinajstić information content (AvgIpc) is 2.81. The molecule has 0 amide bonds. The molecule has 7 heteroatoms. The molecule has 2 nitrogen and oxygen atoms in total. The van der Waals surface area contributed by atoms with Crippen LogP contribution in [-0.4, -0.2) is 21.9 Å². The fourth-order valence-corrected chi connectivity index (χ4v) is 5.36. The third-order valence-corrected chi connectivity index (χ3v) is 9.86. The van der Waals surface area contributed by atoms with Crippen LogP contribution in [0.15, 0.2) is 29.1 Å². The van der Waals surface area contributed by atoms with Crippen LogP contribution in [0.2, 0.25) is 38.8 Å². The van der Waals surface area contributed by atoms with Crippen molar-refractivity contribution in [2.24, 2.45) is 0 Å². The zero-order chi connectivity index (χ0) is 19.9. The Kier molecular flexibility index (Phi) is 11.9. The Balaban J connectivity index is 0. The summed E-state index contributed by atoms with van der Waals surface area (Å²) >= 11 is 0. The minimum absolute atomic E-state index is 0. The average molecular weight is 505 g/mol. The zero-order valence-corrected chi connectivity index (χ0v) is 24.7. The molecule has 0 aromatic heterocycles. The van der Waals surface area contributed by atoms with Crippen LogP contribution in [-0.2, 0) is 21.7 Å². The number of fused-ring (bicyclic) bond motifs is 1. The molecule has 1 aromatic carbocycles. The van der Waals surface area contributed by atoms with Crippen LogP contribution in [0.1, 0.15) is 45.7 Å². The van der Waals surface area contributed by atoms with Gasteiger partial charge >= 0.3 is 21.7 Å². The second-order valence-electron chi connectivity index (χ2n) is 10.0. The molecule has 29 heavy (non-hydrogen) atoms. The van der Waals surface area contributed by atoms with E-state index in [0.717, 1.165) is 17.0 Å². The van der Waals surface area contributed by atoms with Crippen LogP contribution in [0.25, 0.3) is 5.57 Å². The van der Waals surface area contributed by atoms with E-state index in [2.05, 4.69) is 96.9 Å². The fourth-order valence-electron chi connectivity index (χ4n) is 3.08. The molecule has 161 valence electrons. The summed E-state index contributed by atoms with van der Waals surface area (Å²) in [5.41, 5.74) is 4.86. The van der Waals surface area contributed by atoms with Crippen LogP contribution in [0.3, 0.4) is 0 Å². The minimum Gasteiger partial charge on any atom is -1.00 e. The van der Waals surface area contributed by atoms with Crippen LogP contribution in [0.4, 0.5) is 0 Å². The molecule has 0 saturated carbocycles. The third kappa shape index (κ3) is 7.90. The van der Waals surface area contributed by atoms with E-state index in [0.29, 0.717) is 0 Å². The van der Waals surface area contributed by atoms with Crippen LogP contribution in [0, 0.1) is 6.08 Å². The van der Waals surface area contributed by atoms with E-state index >= 15 is 0 Å². The Bertz CT molecular complexity index is 763. The topological polar surface area (TPSA) is 21.3 Å². The molecule has 0 spiro atoms. The minimum atomic E-state index is -1.70. The summed E-state index contributed by atoms with van der Waals surface area (Å²) in [6.07, 6.45) is 3.65. The maximum atomic E-state index is 6.49. The van der Waals surface area contributed by atoms with E-state index in [1.807, 2.05) is 0 Å². The molecule has 1 N–H and O–H groups in total. The Morgan fingerprint density at radius 2 is 1.62 bits per heavy atom. The van der Waals surface area contributed by atoms with Crippen molar-refractivity contribution in [3.05, 3.63) is 46.3 Å². The summed E-state index contributed by atoms with van der Waals surface area (Å²) in [5.74, 6) is 1.02. The largest absolute Gasteiger partial charge is 3.00 e. The summed E-state index contributed by atoms with van der Waals surface area (Å²) in [7, 11) is -3.18. The number of nitrogens with one attached hydrogen (secondary N) is 1. The normalized spacial score (nSPS) is 15.2. The first-order valence-electron chi connectivity index (χ1n) is 9.71. The SMILES string of the molecule is CC[Si](C)(C)C(C)=C1C(NC(C)(C)C)=[C-]c2cccc(O[Si](C)(C)C)c21.[Cl-].[Cl-].[Ti+3]. The standard InChI is InChI=1S/C22H36NOSi2.2ClH.Ti/c1-11-26(9,10)16(2)20-18(23-22(3,4)5)15-17-13-12-14-19(21(17)20)24-25(6,7)8;;;/h12-14,23H,11H2,1-10H3;2*1H;/q-1;;;+3/p-2. The van der Waals surface area contributed by atoms with E-state index in [4.69, 9.17) is 4.43 Å². The smallest absolute Gasteiger partial charge is 1.00 e. The Hall–Kier alpha value is 0.0281. The van der Waals surface area contributed by atoms with E-state index in [1.54, 1.807) is 0 Å². The van der Waals surface area contributed by atoms with Gasteiger partial charge in [0.25, 0.3) is 0 Å². The molecule has 0 bridgehead atoms. The van der Waals surface area contributed by atoms with Gasteiger partial charge in [0.1, 0.15) is 0 Å². The molecule has 1 aliphatic carbocycles. The predicted octanol–water partition coefficient (Wildman–Crippen LogP) is 0.384. The summed E-state index contributed by atoms with van der Waals surface area (Å²) in [4.78, 5) is 0. The van der Waals surface area contributed by atoms with E-state index in [1.165, 1.54) is 22.4 Å². The van der Waals surface area contributed by atoms with E-state index in [9.17, 15) is 0 Å². The number of hydrogen-bond donors (Lipinski definition) is 1. The number of hydrogen-bond acceptors (Lipinski definition) is 2. The Morgan fingerprint density at radius 3 is 2.07 bits per heavy atom. The zero-order valence-electron chi connectivity index (χ0n) is 19.6. The van der Waals surface area contributed by atoms with Gasteiger partial charge in [0.2, 0.25) is 8.32 Å². The summed E-state index contributed by atoms with van der Waals surface area (Å²) < 4.78 is 6.49. The van der Waals surface area contributed by atoms with Crippen molar-refractivity contribution in [1.82, 2.24) is 5.32 Å². The van der Waals surface area contributed by atoms with Gasteiger partial charge in [-0.2, -0.15) is 0 Å². The van der Waals surface area contributed by atoms with Gasteiger partial charge in [-0.25, -0.2) is 0 Å². The Labute approximate surface area is 208 Å². The molecule has 0 saturated heterocycles. The Morgan fingerprint density at radius 1 is 1.07 bits per heavy atom. The van der Waals surface area contributed by atoms with Crippen LogP contribution < -0.4 is 34.6 Å². The van der Waals surface area contributed by atoms with Crippen molar-refractivity contribution in [3.8, 4) is 5.75 Å². The molecule has 1 aliphatic rings. The number of allylic oxidation sites excluding steroid dienone is 2. The van der Waals surface area contributed by atoms with Crippen molar-refractivity contribution >= 4 is 22.0 Å². The first kappa shape index (κ1) is 31.2. The second-order valence-corrected chi connectivity index (χ2v) is 19.7. The molecule has 2 rings (SSSR count). The van der Waals surface area contributed by atoms with E-state index in [-0.39, 0.29) is 52.1 Å².